The third kappa shape index (κ3) is 4.76. The summed E-state index contributed by atoms with van der Waals surface area (Å²) in [6, 6.07) is 3.96. The molecule has 1 fully saturated rings. The molecule has 110 valence electrons. The molecular formula is C16H22O3S. The molecular weight excluding hydrogens is 272 g/mol. The third-order valence-electron chi connectivity index (χ3n) is 3.85. The third-order valence-corrected chi connectivity index (χ3v) is 4.87. The lowest BCUT2D eigenvalue weighted by Gasteiger charge is -2.28. The van der Waals surface area contributed by atoms with Crippen molar-refractivity contribution in [2.45, 2.75) is 51.7 Å². The van der Waals surface area contributed by atoms with Gasteiger partial charge in [0, 0.05) is 15.8 Å². The van der Waals surface area contributed by atoms with Crippen LogP contribution in [0, 0.1) is 5.92 Å². The van der Waals surface area contributed by atoms with Crippen LogP contribution in [0.3, 0.4) is 0 Å². The fourth-order valence-corrected chi connectivity index (χ4v) is 3.52. The van der Waals surface area contributed by atoms with Crippen LogP contribution >= 0.6 is 11.3 Å². The maximum absolute atomic E-state index is 10.5. The zero-order chi connectivity index (χ0) is 14.4. The van der Waals surface area contributed by atoms with Crippen molar-refractivity contribution in [1.29, 1.82) is 0 Å². The molecule has 20 heavy (non-hydrogen) atoms. The first-order valence-electron chi connectivity index (χ1n) is 7.28. The highest BCUT2D eigenvalue weighted by atomic mass is 32.1. The van der Waals surface area contributed by atoms with Crippen molar-refractivity contribution in [3.05, 3.63) is 28.0 Å². The SMILES string of the molecule is CCC1CCCC(OCc2ccc(C=CC(=O)O)s2)C1. The Labute approximate surface area is 124 Å². The van der Waals surface area contributed by atoms with Crippen molar-refractivity contribution in [1.82, 2.24) is 0 Å². The second kappa shape index (κ2) is 7.60. The smallest absolute Gasteiger partial charge is 0.328 e. The number of hydrogen-bond acceptors (Lipinski definition) is 3. The molecule has 2 rings (SSSR count). The van der Waals surface area contributed by atoms with Crippen LogP contribution in [0.4, 0.5) is 0 Å². The summed E-state index contributed by atoms with van der Waals surface area (Å²) < 4.78 is 6.01. The van der Waals surface area contributed by atoms with E-state index in [0.717, 1.165) is 15.7 Å². The fraction of sp³-hybridized carbons (Fsp3) is 0.562. The van der Waals surface area contributed by atoms with Crippen molar-refractivity contribution < 1.29 is 14.6 Å². The summed E-state index contributed by atoms with van der Waals surface area (Å²) in [4.78, 5) is 12.6. The molecule has 4 heteroatoms. The van der Waals surface area contributed by atoms with E-state index in [1.165, 1.54) is 38.2 Å². The lowest BCUT2D eigenvalue weighted by atomic mass is 9.85. The lowest BCUT2D eigenvalue weighted by Crippen LogP contribution is -2.22. The Bertz CT molecular complexity index is 464. The molecule has 0 aliphatic heterocycles. The molecule has 3 nitrogen and oxygen atoms in total. The zero-order valence-electron chi connectivity index (χ0n) is 11.9. The Balaban J connectivity index is 1.80. The molecule has 1 heterocycles. The van der Waals surface area contributed by atoms with Crippen LogP contribution in [-0.2, 0) is 16.1 Å². The number of ether oxygens (including phenoxy) is 1. The van der Waals surface area contributed by atoms with Crippen molar-refractivity contribution in [2.24, 2.45) is 5.92 Å². The van der Waals surface area contributed by atoms with E-state index in [9.17, 15) is 4.79 Å². The molecule has 2 unspecified atom stereocenters. The van der Waals surface area contributed by atoms with Gasteiger partial charge in [0.25, 0.3) is 0 Å². The minimum atomic E-state index is -0.913. The van der Waals surface area contributed by atoms with E-state index in [0.29, 0.717) is 12.7 Å². The maximum atomic E-state index is 10.5. The normalized spacial score (nSPS) is 23.2. The number of thiophene rings is 1. The molecule has 1 aromatic rings. The monoisotopic (exact) mass is 294 g/mol. The van der Waals surface area contributed by atoms with Crippen LogP contribution in [0.5, 0.6) is 0 Å². The number of hydrogen-bond donors (Lipinski definition) is 1. The van der Waals surface area contributed by atoms with E-state index in [1.54, 1.807) is 17.4 Å². The molecule has 1 aromatic heterocycles. The first kappa shape index (κ1) is 15.3. The molecule has 1 aliphatic rings. The molecule has 0 radical (unpaired) electrons. The second-order valence-corrected chi connectivity index (χ2v) is 6.55. The number of carbonyl (C=O) groups is 1. The summed E-state index contributed by atoms with van der Waals surface area (Å²) in [5.41, 5.74) is 0. The predicted octanol–water partition coefficient (Wildman–Crippen LogP) is 4.33. The van der Waals surface area contributed by atoms with Gasteiger partial charge in [-0.25, -0.2) is 4.79 Å². The molecule has 0 aromatic carbocycles. The first-order valence-corrected chi connectivity index (χ1v) is 8.10. The number of rotatable bonds is 6. The van der Waals surface area contributed by atoms with Gasteiger partial charge in [-0.15, -0.1) is 11.3 Å². The van der Waals surface area contributed by atoms with Gasteiger partial charge in [-0.1, -0.05) is 26.2 Å². The Morgan fingerprint density at radius 3 is 3.10 bits per heavy atom. The van der Waals surface area contributed by atoms with Crippen LogP contribution in [0.1, 0.15) is 48.8 Å². The van der Waals surface area contributed by atoms with Gasteiger partial charge >= 0.3 is 5.97 Å². The summed E-state index contributed by atoms with van der Waals surface area (Å²) in [7, 11) is 0. The van der Waals surface area contributed by atoms with Gasteiger partial charge in [0.2, 0.25) is 0 Å². The van der Waals surface area contributed by atoms with Gasteiger partial charge in [0.05, 0.1) is 12.7 Å². The van der Waals surface area contributed by atoms with Crippen LogP contribution in [0.15, 0.2) is 18.2 Å². The first-order chi connectivity index (χ1) is 9.67. The summed E-state index contributed by atoms with van der Waals surface area (Å²) in [5.74, 6) is -0.0878. The molecule has 0 saturated heterocycles. The molecule has 2 atom stereocenters. The Morgan fingerprint density at radius 2 is 2.35 bits per heavy atom. The Kier molecular flexibility index (Phi) is 5.80. The van der Waals surface area contributed by atoms with Crippen molar-refractivity contribution >= 4 is 23.4 Å². The van der Waals surface area contributed by atoms with E-state index in [1.807, 2.05) is 12.1 Å². The summed E-state index contributed by atoms with van der Waals surface area (Å²) >= 11 is 1.59. The quantitative estimate of drug-likeness (QED) is 0.794. The van der Waals surface area contributed by atoms with Gasteiger partial charge in [0.1, 0.15) is 0 Å². The molecule has 1 aliphatic carbocycles. The van der Waals surface area contributed by atoms with Crippen molar-refractivity contribution in [3.8, 4) is 0 Å². The van der Waals surface area contributed by atoms with Gasteiger partial charge in [-0.3, -0.25) is 0 Å². The minimum Gasteiger partial charge on any atom is -0.478 e. The van der Waals surface area contributed by atoms with E-state index in [2.05, 4.69) is 6.92 Å². The fourth-order valence-electron chi connectivity index (χ4n) is 2.68. The standard InChI is InChI=1S/C16H22O3S/c1-2-12-4-3-5-13(10-12)19-11-15-7-6-14(20-15)8-9-16(17)18/h6-9,12-13H,2-5,10-11H2,1H3,(H,17,18). The lowest BCUT2D eigenvalue weighted by molar-refractivity contribution is -0.131. The topological polar surface area (TPSA) is 46.5 Å². The molecule has 1 saturated carbocycles. The van der Waals surface area contributed by atoms with Crippen LogP contribution < -0.4 is 0 Å². The van der Waals surface area contributed by atoms with Crippen molar-refractivity contribution in [2.75, 3.05) is 0 Å². The average molecular weight is 294 g/mol. The highest BCUT2D eigenvalue weighted by Gasteiger charge is 2.21. The Hall–Kier alpha value is -1.13. The highest BCUT2D eigenvalue weighted by molar-refractivity contribution is 7.12. The van der Waals surface area contributed by atoms with Gasteiger partial charge < -0.3 is 9.84 Å². The number of carboxylic acids is 1. The zero-order valence-corrected chi connectivity index (χ0v) is 12.7. The number of aliphatic carboxylic acids is 1. The summed E-state index contributed by atoms with van der Waals surface area (Å²) in [6.45, 7) is 2.90. The minimum absolute atomic E-state index is 0.397. The molecule has 1 N–H and O–H groups in total. The van der Waals surface area contributed by atoms with E-state index < -0.39 is 5.97 Å². The van der Waals surface area contributed by atoms with Gasteiger partial charge in [-0.2, -0.15) is 0 Å². The van der Waals surface area contributed by atoms with Gasteiger partial charge in [0.15, 0.2) is 0 Å². The van der Waals surface area contributed by atoms with Crippen LogP contribution in [-0.4, -0.2) is 17.2 Å². The highest BCUT2D eigenvalue weighted by Crippen LogP contribution is 2.29. The van der Waals surface area contributed by atoms with E-state index in [4.69, 9.17) is 9.84 Å². The van der Waals surface area contributed by atoms with Crippen LogP contribution in [0.2, 0.25) is 0 Å². The number of carboxylic acid groups (broad SMARTS) is 1. The maximum Gasteiger partial charge on any atom is 0.328 e. The van der Waals surface area contributed by atoms with Crippen molar-refractivity contribution in [3.63, 3.8) is 0 Å². The molecule has 0 amide bonds. The van der Waals surface area contributed by atoms with Crippen LogP contribution in [0.25, 0.3) is 6.08 Å². The largest absolute Gasteiger partial charge is 0.478 e. The Morgan fingerprint density at radius 1 is 1.50 bits per heavy atom. The van der Waals surface area contributed by atoms with Gasteiger partial charge in [-0.05, 0) is 37.0 Å². The van der Waals surface area contributed by atoms with E-state index >= 15 is 0 Å². The average Bonchev–Trinajstić information content (AvgIpc) is 2.91. The molecule has 0 spiro atoms. The summed E-state index contributed by atoms with van der Waals surface area (Å²) in [6.07, 6.45) is 9.44. The molecule has 0 bridgehead atoms. The summed E-state index contributed by atoms with van der Waals surface area (Å²) in [5, 5.41) is 8.60. The predicted molar refractivity (Wildman–Crippen MR) is 81.8 cm³/mol. The second-order valence-electron chi connectivity index (χ2n) is 5.35. The van der Waals surface area contributed by atoms with E-state index in [-0.39, 0.29) is 0 Å².